The first-order chi connectivity index (χ1) is 14.2. The summed E-state index contributed by atoms with van der Waals surface area (Å²) >= 11 is 0. The number of aromatic hydroxyl groups is 1. The largest absolute Gasteiger partial charge is 0.494 e. The zero-order valence-corrected chi connectivity index (χ0v) is 17.2. The summed E-state index contributed by atoms with van der Waals surface area (Å²) in [5.74, 6) is -0.139. The Balaban J connectivity index is 2.03. The summed E-state index contributed by atoms with van der Waals surface area (Å²) in [7, 11) is 0. The highest BCUT2D eigenvalue weighted by Gasteiger charge is 2.28. The van der Waals surface area contributed by atoms with E-state index >= 15 is 0 Å². The number of furan rings is 1. The van der Waals surface area contributed by atoms with Crippen molar-refractivity contribution in [2.45, 2.75) is 40.3 Å². The van der Waals surface area contributed by atoms with Gasteiger partial charge in [0, 0.05) is 0 Å². The molecule has 7 nitrogen and oxygen atoms in total. The first-order valence-electron chi connectivity index (χ1n) is 9.41. The molecule has 3 rings (SSSR count). The van der Waals surface area contributed by atoms with Crippen LogP contribution in [0.5, 0.6) is 11.6 Å². The number of pyridine rings is 1. The summed E-state index contributed by atoms with van der Waals surface area (Å²) in [6, 6.07) is 10.6. The van der Waals surface area contributed by atoms with Gasteiger partial charge in [-0.2, -0.15) is 5.26 Å². The van der Waals surface area contributed by atoms with Crippen LogP contribution < -0.4 is 10.3 Å². The van der Waals surface area contributed by atoms with Crippen molar-refractivity contribution in [3.63, 3.8) is 0 Å². The van der Waals surface area contributed by atoms with Crippen LogP contribution >= 0.6 is 0 Å². The van der Waals surface area contributed by atoms with Gasteiger partial charge >= 0.3 is 0 Å². The third-order valence-electron chi connectivity index (χ3n) is 5.10. The number of aromatic nitrogens is 1. The van der Waals surface area contributed by atoms with Gasteiger partial charge in [-0.05, 0) is 68.7 Å². The minimum atomic E-state index is -0.946. The maximum absolute atomic E-state index is 13.1. The number of carbonyl (C=O) groups excluding carboxylic acids is 1. The molecule has 0 radical (unpaired) electrons. The van der Waals surface area contributed by atoms with E-state index in [4.69, 9.17) is 9.15 Å². The minimum absolute atomic E-state index is 0.112. The lowest BCUT2D eigenvalue weighted by Crippen LogP contribution is -2.31. The van der Waals surface area contributed by atoms with Gasteiger partial charge < -0.3 is 14.3 Å². The van der Waals surface area contributed by atoms with E-state index in [0.29, 0.717) is 11.5 Å². The van der Waals surface area contributed by atoms with Crippen LogP contribution in [0.25, 0.3) is 0 Å². The van der Waals surface area contributed by atoms with Crippen LogP contribution in [-0.4, -0.2) is 21.6 Å². The van der Waals surface area contributed by atoms with E-state index in [1.54, 1.807) is 25.1 Å². The van der Waals surface area contributed by atoms with Crippen molar-refractivity contribution in [2.24, 2.45) is 0 Å². The number of benzene rings is 1. The van der Waals surface area contributed by atoms with E-state index in [1.165, 1.54) is 13.2 Å². The molecule has 2 aromatic heterocycles. The number of carbonyl (C=O) groups is 1. The molecule has 0 aliphatic heterocycles. The van der Waals surface area contributed by atoms with E-state index in [0.717, 1.165) is 15.7 Å². The predicted octanol–water partition coefficient (Wildman–Crippen LogP) is 3.64. The van der Waals surface area contributed by atoms with Crippen molar-refractivity contribution >= 4 is 5.78 Å². The summed E-state index contributed by atoms with van der Waals surface area (Å²) in [5.41, 5.74) is 1.22. The Kier molecular flexibility index (Phi) is 5.79. The molecule has 30 heavy (non-hydrogen) atoms. The van der Waals surface area contributed by atoms with E-state index in [-0.39, 0.29) is 23.2 Å². The molecule has 1 aromatic carbocycles. The molecule has 1 unspecified atom stereocenters. The van der Waals surface area contributed by atoms with Crippen molar-refractivity contribution in [2.75, 3.05) is 0 Å². The molecule has 0 fully saturated rings. The second kappa shape index (κ2) is 8.29. The number of hydrogen-bond donors (Lipinski definition) is 1. The van der Waals surface area contributed by atoms with Gasteiger partial charge in [0.15, 0.2) is 6.10 Å². The molecule has 0 aliphatic rings. The van der Waals surface area contributed by atoms with Crippen molar-refractivity contribution in [3.05, 3.63) is 80.5 Å². The smallest absolute Gasteiger partial charge is 0.271 e. The summed E-state index contributed by atoms with van der Waals surface area (Å²) in [6.45, 7) is 6.83. The van der Waals surface area contributed by atoms with E-state index < -0.39 is 23.3 Å². The Hall–Kier alpha value is -3.79. The minimum Gasteiger partial charge on any atom is -0.494 e. The van der Waals surface area contributed by atoms with Gasteiger partial charge in [0.25, 0.3) is 5.56 Å². The molecular formula is C23H22N2O5. The second-order valence-corrected chi connectivity index (χ2v) is 7.15. The first-order valence-corrected chi connectivity index (χ1v) is 9.41. The maximum Gasteiger partial charge on any atom is 0.271 e. The molecule has 3 aromatic rings. The molecule has 0 spiro atoms. The predicted molar refractivity (Wildman–Crippen MR) is 110 cm³/mol. The van der Waals surface area contributed by atoms with Gasteiger partial charge in [0.1, 0.15) is 23.1 Å². The van der Waals surface area contributed by atoms with Gasteiger partial charge in [-0.3, -0.25) is 14.2 Å². The van der Waals surface area contributed by atoms with Gasteiger partial charge in [-0.1, -0.05) is 6.07 Å². The first kappa shape index (κ1) is 20.9. The monoisotopic (exact) mass is 406 g/mol. The van der Waals surface area contributed by atoms with Crippen molar-refractivity contribution in [3.8, 4) is 17.7 Å². The highest BCUT2D eigenvalue weighted by Crippen LogP contribution is 2.26. The third-order valence-corrected chi connectivity index (χ3v) is 5.10. The fourth-order valence-corrected chi connectivity index (χ4v) is 3.20. The van der Waals surface area contributed by atoms with Gasteiger partial charge in [0.2, 0.25) is 11.7 Å². The zero-order chi connectivity index (χ0) is 22.0. The van der Waals surface area contributed by atoms with Crippen LogP contribution in [0.1, 0.15) is 45.3 Å². The van der Waals surface area contributed by atoms with Crippen molar-refractivity contribution < 1.29 is 19.1 Å². The quantitative estimate of drug-likeness (QED) is 0.627. The summed E-state index contributed by atoms with van der Waals surface area (Å²) in [5, 5.41) is 20.2. The molecular weight excluding hydrogens is 384 g/mol. The van der Waals surface area contributed by atoms with Crippen LogP contribution in [0.4, 0.5) is 0 Å². The fourth-order valence-electron chi connectivity index (χ4n) is 3.20. The average molecular weight is 406 g/mol. The van der Waals surface area contributed by atoms with E-state index in [2.05, 4.69) is 0 Å². The van der Waals surface area contributed by atoms with Gasteiger partial charge in [-0.15, -0.1) is 0 Å². The second-order valence-electron chi connectivity index (χ2n) is 7.15. The lowest BCUT2D eigenvalue weighted by atomic mass is 9.99. The number of hydrogen-bond acceptors (Lipinski definition) is 6. The van der Waals surface area contributed by atoms with E-state index in [9.17, 15) is 20.0 Å². The van der Waals surface area contributed by atoms with Crippen LogP contribution in [0.2, 0.25) is 0 Å². The van der Waals surface area contributed by atoms with E-state index in [1.807, 2.05) is 32.0 Å². The molecule has 1 atom stereocenters. The number of rotatable bonds is 6. The zero-order valence-electron chi connectivity index (χ0n) is 17.2. The number of nitrogens with zero attached hydrogens (tertiary/aromatic N) is 2. The molecule has 0 aliphatic carbocycles. The fraction of sp³-hybridized carbons (Fsp3) is 0.261. The van der Waals surface area contributed by atoms with Gasteiger partial charge in [0.05, 0.1) is 18.4 Å². The Morgan fingerprint density at radius 2 is 2.00 bits per heavy atom. The SMILES string of the molecule is Cc1ccc(OC(C)C(=O)c2c(C)c(C#N)c(=O)n(Cc3ccco3)c2O)cc1C. The molecule has 0 saturated heterocycles. The topological polar surface area (TPSA) is 105 Å². The highest BCUT2D eigenvalue weighted by atomic mass is 16.5. The lowest BCUT2D eigenvalue weighted by molar-refractivity contribution is 0.0812. The highest BCUT2D eigenvalue weighted by molar-refractivity contribution is 6.03. The van der Waals surface area contributed by atoms with Crippen LogP contribution in [0, 0.1) is 32.1 Å². The average Bonchev–Trinajstić information content (AvgIpc) is 3.21. The molecule has 0 bridgehead atoms. The Bertz CT molecular complexity index is 1200. The molecule has 1 N–H and O–H groups in total. The maximum atomic E-state index is 13.1. The number of ketones is 1. The standard InChI is InChI=1S/C23H22N2O5/c1-13-7-8-17(10-14(13)2)30-16(4)21(26)20-15(3)19(11-24)22(27)25(23(20)28)12-18-6-5-9-29-18/h5-10,16,28H,12H2,1-4H3. The number of ether oxygens (including phenoxy) is 1. The van der Waals surface area contributed by atoms with Gasteiger partial charge in [-0.25, -0.2) is 0 Å². The molecule has 2 heterocycles. The Morgan fingerprint density at radius 3 is 2.60 bits per heavy atom. The summed E-state index contributed by atoms with van der Waals surface area (Å²) in [4.78, 5) is 25.8. The molecule has 0 amide bonds. The number of nitriles is 1. The van der Waals surface area contributed by atoms with Crippen molar-refractivity contribution in [1.29, 1.82) is 5.26 Å². The van der Waals surface area contributed by atoms with Crippen molar-refractivity contribution in [1.82, 2.24) is 4.57 Å². The number of aryl methyl sites for hydroxylation is 2. The van der Waals surface area contributed by atoms with Crippen LogP contribution in [0.3, 0.4) is 0 Å². The van der Waals surface area contributed by atoms with Crippen LogP contribution in [-0.2, 0) is 6.54 Å². The Labute approximate surface area is 173 Å². The summed E-state index contributed by atoms with van der Waals surface area (Å²) in [6.07, 6.45) is 0.486. The molecule has 0 saturated carbocycles. The Morgan fingerprint density at radius 1 is 1.27 bits per heavy atom. The number of Topliss-reactive ketones (excluding diaryl/α,β-unsaturated/α-hetero) is 1. The third kappa shape index (κ3) is 3.85. The molecule has 154 valence electrons. The lowest BCUT2D eigenvalue weighted by Gasteiger charge is -2.19. The molecule has 7 heteroatoms. The normalized spacial score (nSPS) is 11.7. The summed E-state index contributed by atoms with van der Waals surface area (Å²) < 4.78 is 12.0. The van der Waals surface area contributed by atoms with Crippen LogP contribution in [0.15, 0.2) is 45.8 Å².